The lowest BCUT2D eigenvalue weighted by Crippen LogP contribution is -3.04. The Labute approximate surface area is 150 Å². The molecule has 2 aromatic rings. The number of carbonyl (C=O) groups excluding carboxylic acids is 1. The molecule has 0 aliphatic carbocycles. The molecule has 0 aliphatic rings. The SMILES string of the molecule is COc1ccc(C)cc1/C=C/C(=O)NCc1ccc(C[NH+](C)C)cc1. The number of methoxy groups -OCH3 is 1. The van der Waals surface area contributed by atoms with Gasteiger partial charge in [-0.1, -0.05) is 35.9 Å². The number of carbonyl (C=O) groups is 1. The molecule has 0 atom stereocenters. The highest BCUT2D eigenvalue weighted by Gasteiger charge is 2.02. The lowest BCUT2D eigenvalue weighted by atomic mass is 10.1. The number of hydrogen-bond acceptors (Lipinski definition) is 2. The Morgan fingerprint density at radius 1 is 1.12 bits per heavy atom. The molecule has 0 spiro atoms. The van der Waals surface area contributed by atoms with Crippen molar-refractivity contribution in [2.75, 3.05) is 21.2 Å². The minimum atomic E-state index is -0.120. The van der Waals surface area contributed by atoms with Crippen molar-refractivity contribution in [3.8, 4) is 5.75 Å². The van der Waals surface area contributed by atoms with Gasteiger partial charge >= 0.3 is 0 Å². The van der Waals surface area contributed by atoms with Crippen LogP contribution in [0.25, 0.3) is 6.08 Å². The largest absolute Gasteiger partial charge is 0.496 e. The van der Waals surface area contributed by atoms with Gasteiger partial charge in [-0.2, -0.15) is 0 Å². The molecular weight excluding hydrogens is 312 g/mol. The lowest BCUT2D eigenvalue weighted by molar-refractivity contribution is -0.872. The molecule has 2 aromatic carbocycles. The lowest BCUT2D eigenvalue weighted by Gasteiger charge is -2.08. The Kier molecular flexibility index (Phi) is 6.78. The summed E-state index contributed by atoms with van der Waals surface area (Å²) in [6.07, 6.45) is 3.32. The van der Waals surface area contributed by atoms with Crippen LogP contribution in [-0.2, 0) is 17.9 Å². The van der Waals surface area contributed by atoms with E-state index in [1.54, 1.807) is 19.3 Å². The van der Waals surface area contributed by atoms with E-state index in [1.807, 2.05) is 25.1 Å². The predicted octanol–water partition coefficient (Wildman–Crippen LogP) is 1.98. The number of aryl methyl sites for hydroxylation is 1. The average Bonchev–Trinajstić information content (AvgIpc) is 2.59. The molecule has 25 heavy (non-hydrogen) atoms. The zero-order chi connectivity index (χ0) is 18.2. The van der Waals surface area contributed by atoms with Crippen LogP contribution in [0.3, 0.4) is 0 Å². The second kappa shape index (κ2) is 9.04. The van der Waals surface area contributed by atoms with Crippen LogP contribution in [0.4, 0.5) is 0 Å². The van der Waals surface area contributed by atoms with E-state index in [4.69, 9.17) is 4.74 Å². The van der Waals surface area contributed by atoms with E-state index in [0.29, 0.717) is 6.54 Å². The van der Waals surface area contributed by atoms with Crippen molar-refractivity contribution < 1.29 is 14.4 Å². The third-order valence-corrected chi connectivity index (χ3v) is 3.85. The molecule has 132 valence electrons. The maximum absolute atomic E-state index is 12.0. The molecule has 0 bridgehead atoms. The summed E-state index contributed by atoms with van der Waals surface area (Å²) in [7, 11) is 5.89. The maximum Gasteiger partial charge on any atom is 0.244 e. The summed E-state index contributed by atoms with van der Waals surface area (Å²) in [4.78, 5) is 13.4. The number of rotatable bonds is 7. The van der Waals surface area contributed by atoms with Gasteiger partial charge in [-0.25, -0.2) is 0 Å². The van der Waals surface area contributed by atoms with Gasteiger partial charge < -0.3 is 15.0 Å². The average molecular weight is 339 g/mol. The third-order valence-electron chi connectivity index (χ3n) is 3.85. The van der Waals surface area contributed by atoms with Crippen molar-refractivity contribution in [3.63, 3.8) is 0 Å². The van der Waals surface area contributed by atoms with Gasteiger partial charge in [0.05, 0.1) is 21.2 Å². The molecule has 1 amide bonds. The molecule has 0 radical (unpaired) electrons. The van der Waals surface area contributed by atoms with Gasteiger partial charge in [-0.05, 0) is 30.7 Å². The van der Waals surface area contributed by atoms with Crippen molar-refractivity contribution in [2.24, 2.45) is 0 Å². The van der Waals surface area contributed by atoms with Crippen LogP contribution in [-0.4, -0.2) is 27.1 Å². The van der Waals surface area contributed by atoms with E-state index >= 15 is 0 Å². The second-order valence-electron chi connectivity index (χ2n) is 6.50. The number of nitrogens with one attached hydrogen (secondary N) is 2. The summed E-state index contributed by atoms with van der Waals surface area (Å²) in [5, 5.41) is 2.91. The topological polar surface area (TPSA) is 42.8 Å². The van der Waals surface area contributed by atoms with Crippen molar-refractivity contribution in [1.82, 2.24) is 5.32 Å². The summed E-state index contributed by atoms with van der Waals surface area (Å²) in [5.74, 6) is 0.638. The molecule has 0 heterocycles. The van der Waals surface area contributed by atoms with Crippen LogP contribution in [0.5, 0.6) is 5.75 Å². The first-order chi connectivity index (χ1) is 12.0. The zero-order valence-electron chi connectivity index (χ0n) is 15.4. The zero-order valence-corrected chi connectivity index (χ0v) is 15.4. The minimum Gasteiger partial charge on any atom is -0.496 e. The number of hydrogen-bond donors (Lipinski definition) is 2. The molecule has 0 aromatic heterocycles. The van der Waals surface area contributed by atoms with E-state index < -0.39 is 0 Å². The summed E-state index contributed by atoms with van der Waals surface area (Å²) in [6, 6.07) is 14.2. The van der Waals surface area contributed by atoms with E-state index in [1.165, 1.54) is 10.5 Å². The summed E-state index contributed by atoms with van der Waals surface area (Å²) in [5.41, 5.74) is 4.41. The van der Waals surface area contributed by atoms with Crippen molar-refractivity contribution in [3.05, 3.63) is 70.8 Å². The van der Waals surface area contributed by atoms with E-state index in [-0.39, 0.29) is 5.91 Å². The molecule has 4 nitrogen and oxygen atoms in total. The van der Waals surface area contributed by atoms with Crippen LogP contribution in [0, 0.1) is 6.92 Å². The van der Waals surface area contributed by atoms with Crippen LogP contribution in [0.2, 0.25) is 0 Å². The monoisotopic (exact) mass is 339 g/mol. The second-order valence-corrected chi connectivity index (χ2v) is 6.50. The fourth-order valence-corrected chi connectivity index (χ4v) is 2.58. The fourth-order valence-electron chi connectivity index (χ4n) is 2.58. The highest BCUT2D eigenvalue weighted by Crippen LogP contribution is 2.20. The van der Waals surface area contributed by atoms with Crippen LogP contribution in [0.1, 0.15) is 22.3 Å². The molecule has 2 N–H and O–H groups in total. The van der Waals surface area contributed by atoms with E-state index in [9.17, 15) is 4.79 Å². The third kappa shape index (κ3) is 6.08. The number of ether oxygens (including phenoxy) is 1. The molecule has 0 saturated heterocycles. The van der Waals surface area contributed by atoms with Crippen molar-refractivity contribution >= 4 is 12.0 Å². The van der Waals surface area contributed by atoms with Gasteiger partial charge in [0, 0.05) is 23.7 Å². The van der Waals surface area contributed by atoms with Crippen LogP contribution < -0.4 is 15.0 Å². The number of benzene rings is 2. The van der Waals surface area contributed by atoms with E-state index in [2.05, 4.69) is 43.7 Å². The maximum atomic E-state index is 12.0. The summed E-state index contributed by atoms with van der Waals surface area (Å²) >= 11 is 0. The summed E-state index contributed by atoms with van der Waals surface area (Å²) < 4.78 is 5.32. The first-order valence-corrected chi connectivity index (χ1v) is 8.45. The molecule has 4 heteroatoms. The number of quaternary nitrogens is 1. The van der Waals surface area contributed by atoms with Crippen molar-refractivity contribution in [2.45, 2.75) is 20.0 Å². The quantitative estimate of drug-likeness (QED) is 0.758. The normalized spacial score (nSPS) is 11.1. The Morgan fingerprint density at radius 3 is 2.44 bits per heavy atom. The molecule has 0 fully saturated rings. The van der Waals surface area contributed by atoms with Crippen LogP contribution in [0.15, 0.2) is 48.5 Å². The van der Waals surface area contributed by atoms with Gasteiger partial charge in [0.1, 0.15) is 12.3 Å². The molecular formula is C21H27N2O2+. The molecule has 0 unspecified atom stereocenters. The molecule has 0 saturated carbocycles. The van der Waals surface area contributed by atoms with E-state index in [0.717, 1.165) is 29.0 Å². The first kappa shape index (κ1) is 18.7. The number of amides is 1. The van der Waals surface area contributed by atoms with Gasteiger partial charge in [-0.15, -0.1) is 0 Å². The minimum absolute atomic E-state index is 0.120. The Morgan fingerprint density at radius 2 is 1.80 bits per heavy atom. The first-order valence-electron chi connectivity index (χ1n) is 8.45. The smallest absolute Gasteiger partial charge is 0.244 e. The Bertz CT molecular complexity index is 734. The van der Waals surface area contributed by atoms with Crippen molar-refractivity contribution in [1.29, 1.82) is 0 Å². The van der Waals surface area contributed by atoms with Gasteiger partial charge in [0.15, 0.2) is 0 Å². The van der Waals surface area contributed by atoms with Crippen LogP contribution >= 0.6 is 0 Å². The summed E-state index contributed by atoms with van der Waals surface area (Å²) in [6.45, 7) is 3.52. The highest BCUT2D eigenvalue weighted by atomic mass is 16.5. The predicted molar refractivity (Wildman–Crippen MR) is 102 cm³/mol. The molecule has 2 rings (SSSR count). The molecule has 0 aliphatic heterocycles. The highest BCUT2D eigenvalue weighted by molar-refractivity contribution is 5.92. The Hall–Kier alpha value is -2.59. The van der Waals surface area contributed by atoms with Gasteiger partial charge in [-0.3, -0.25) is 4.79 Å². The standard InChI is InChI=1S/C21H26N2O2/c1-16-5-11-20(25-4)19(13-16)10-12-21(24)22-14-17-6-8-18(9-7-17)15-23(2)3/h5-13H,14-15H2,1-4H3,(H,22,24)/p+1/b12-10+. The van der Waals surface area contributed by atoms with Gasteiger partial charge in [0.2, 0.25) is 5.91 Å². The fraction of sp³-hybridized carbons (Fsp3) is 0.286. The Balaban J connectivity index is 1.91. The van der Waals surface area contributed by atoms with Gasteiger partial charge in [0.25, 0.3) is 0 Å².